The van der Waals surface area contributed by atoms with E-state index in [0.717, 1.165) is 31.1 Å². The molecular weight excluding hydrogens is 224 g/mol. The quantitative estimate of drug-likeness (QED) is 0.719. The van der Waals surface area contributed by atoms with Gasteiger partial charge in [-0.15, -0.1) is 11.3 Å². The minimum atomic E-state index is -0.365. The fraction of sp³-hybridized carbons (Fsp3) is 0.636. The molecule has 1 heterocycles. The zero-order chi connectivity index (χ0) is 12.0. The average molecular weight is 242 g/mol. The van der Waals surface area contributed by atoms with Gasteiger partial charge >= 0.3 is 5.97 Å². The van der Waals surface area contributed by atoms with Crippen LogP contribution >= 0.6 is 11.3 Å². The summed E-state index contributed by atoms with van der Waals surface area (Å²) in [6.45, 7) is 6.22. The van der Waals surface area contributed by atoms with Crippen molar-refractivity contribution < 1.29 is 9.53 Å². The van der Waals surface area contributed by atoms with Crippen molar-refractivity contribution in [2.75, 3.05) is 25.1 Å². The number of carbonyl (C=O) groups is 1. The molecule has 0 bridgehead atoms. The smallest absolute Gasteiger partial charge is 0.357 e. The summed E-state index contributed by atoms with van der Waals surface area (Å²) in [4.78, 5) is 17.8. The number of anilines is 1. The van der Waals surface area contributed by atoms with E-state index in [2.05, 4.69) is 28.5 Å². The molecule has 1 aromatic rings. The summed E-state index contributed by atoms with van der Waals surface area (Å²) in [6, 6.07) is 0. The van der Waals surface area contributed by atoms with Crippen molar-refractivity contribution in [2.24, 2.45) is 0 Å². The summed E-state index contributed by atoms with van der Waals surface area (Å²) in [5, 5.41) is 2.66. The highest BCUT2D eigenvalue weighted by molar-refractivity contribution is 7.13. The molecule has 90 valence electrons. The van der Waals surface area contributed by atoms with Crippen LogP contribution in [0.5, 0.6) is 0 Å². The number of ether oxygens (including phenoxy) is 1. The molecule has 1 aromatic heterocycles. The summed E-state index contributed by atoms with van der Waals surface area (Å²) in [7, 11) is 1.37. The maximum absolute atomic E-state index is 11.3. The summed E-state index contributed by atoms with van der Waals surface area (Å²) in [5.74, 6) is -0.365. The lowest BCUT2D eigenvalue weighted by atomic mass is 10.4. The van der Waals surface area contributed by atoms with Crippen molar-refractivity contribution in [3.8, 4) is 0 Å². The molecule has 0 aliphatic carbocycles. The Morgan fingerprint density at radius 3 is 2.56 bits per heavy atom. The Kier molecular flexibility index (Phi) is 5.25. The first-order chi connectivity index (χ1) is 7.72. The lowest BCUT2D eigenvalue weighted by Gasteiger charge is -2.19. The van der Waals surface area contributed by atoms with Gasteiger partial charge in [-0.05, 0) is 12.8 Å². The van der Waals surface area contributed by atoms with Crippen LogP contribution in [0, 0.1) is 0 Å². The number of rotatable bonds is 6. The molecule has 5 heteroatoms. The second-order valence-corrected chi connectivity index (χ2v) is 4.33. The zero-order valence-corrected chi connectivity index (χ0v) is 10.8. The zero-order valence-electron chi connectivity index (χ0n) is 10.0. The lowest BCUT2D eigenvalue weighted by molar-refractivity contribution is 0.0595. The molecule has 0 saturated heterocycles. The van der Waals surface area contributed by atoms with Gasteiger partial charge in [0.15, 0.2) is 10.8 Å². The van der Waals surface area contributed by atoms with Crippen LogP contribution in [0.2, 0.25) is 0 Å². The predicted octanol–water partition coefficient (Wildman–Crippen LogP) is 2.56. The van der Waals surface area contributed by atoms with Gasteiger partial charge in [-0.2, -0.15) is 0 Å². The van der Waals surface area contributed by atoms with Gasteiger partial charge < -0.3 is 9.64 Å². The molecule has 0 spiro atoms. The Morgan fingerprint density at radius 2 is 2.06 bits per heavy atom. The third kappa shape index (κ3) is 3.20. The highest BCUT2D eigenvalue weighted by Gasteiger charge is 2.14. The topological polar surface area (TPSA) is 42.4 Å². The second kappa shape index (κ2) is 6.48. The molecule has 0 atom stereocenters. The summed E-state index contributed by atoms with van der Waals surface area (Å²) < 4.78 is 4.64. The summed E-state index contributed by atoms with van der Waals surface area (Å²) >= 11 is 1.50. The Labute approximate surface area is 100 Å². The molecule has 0 aromatic carbocycles. The summed E-state index contributed by atoms with van der Waals surface area (Å²) in [6.07, 6.45) is 2.15. The van der Waals surface area contributed by atoms with E-state index in [9.17, 15) is 4.79 Å². The van der Waals surface area contributed by atoms with E-state index in [1.807, 2.05) is 0 Å². The molecule has 0 unspecified atom stereocenters. The molecular formula is C11H18N2O2S. The maximum Gasteiger partial charge on any atom is 0.357 e. The minimum Gasteiger partial charge on any atom is -0.464 e. The number of nitrogens with zero attached hydrogens (tertiary/aromatic N) is 2. The maximum atomic E-state index is 11.3. The molecule has 0 amide bonds. The molecule has 0 N–H and O–H groups in total. The Hall–Kier alpha value is -1.10. The third-order valence-electron chi connectivity index (χ3n) is 2.14. The number of esters is 1. The third-order valence-corrected chi connectivity index (χ3v) is 3.05. The van der Waals surface area contributed by atoms with Crippen molar-refractivity contribution in [1.29, 1.82) is 0 Å². The second-order valence-electron chi connectivity index (χ2n) is 3.49. The highest BCUT2D eigenvalue weighted by atomic mass is 32.1. The van der Waals surface area contributed by atoms with Gasteiger partial charge in [0.05, 0.1) is 7.11 Å². The molecule has 4 nitrogen and oxygen atoms in total. The van der Waals surface area contributed by atoms with Crippen LogP contribution in [-0.2, 0) is 4.74 Å². The molecule has 0 fully saturated rings. The number of hydrogen-bond donors (Lipinski definition) is 0. The normalized spacial score (nSPS) is 10.2. The molecule has 0 saturated carbocycles. The van der Waals surface area contributed by atoms with Gasteiger partial charge in [0.2, 0.25) is 0 Å². The van der Waals surface area contributed by atoms with Gasteiger partial charge in [-0.25, -0.2) is 9.78 Å². The average Bonchev–Trinajstić information content (AvgIpc) is 2.77. The van der Waals surface area contributed by atoms with Crippen LogP contribution in [-0.4, -0.2) is 31.2 Å². The fourth-order valence-electron chi connectivity index (χ4n) is 1.45. The first kappa shape index (κ1) is 13.0. The number of thiazole rings is 1. The van der Waals surface area contributed by atoms with Crippen molar-refractivity contribution in [2.45, 2.75) is 26.7 Å². The molecule has 0 aliphatic heterocycles. The molecule has 16 heavy (non-hydrogen) atoms. The van der Waals surface area contributed by atoms with Gasteiger partial charge in [0.25, 0.3) is 0 Å². The predicted molar refractivity (Wildman–Crippen MR) is 66.2 cm³/mol. The monoisotopic (exact) mass is 242 g/mol. The fourth-order valence-corrected chi connectivity index (χ4v) is 2.30. The Morgan fingerprint density at radius 1 is 1.44 bits per heavy atom. The molecule has 0 radical (unpaired) electrons. The highest BCUT2D eigenvalue weighted by Crippen LogP contribution is 2.21. The lowest BCUT2D eigenvalue weighted by Crippen LogP contribution is -2.24. The first-order valence-electron chi connectivity index (χ1n) is 5.51. The van der Waals surface area contributed by atoms with E-state index in [0.29, 0.717) is 5.69 Å². The van der Waals surface area contributed by atoms with Crippen LogP contribution in [0.4, 0.5) is 5.13 Å². The SMILES string of the molecule is CCCN(CCC)c1nc(C(=O)OC)cs1. The van der Waals surface area contributed by atoms with Crippen LogP contribution < -0.4 is 4.90 Å². The van der Waals surface area contributed by atoms with Gasteiger partial charge in [-0.1, -0.05) is 13.8 Å². The van der Waals surface area contributed by atoms with Gasteiger partial charge in [-0.3, -0.25) is 0 Å². The van der Waals surface area contributed by atoms with E-state index >= 15 is 0 Å². The van der Waals surface area contributed by atoms with Crippen molar-refractivity contribution >= 4 is 22.4 Å². The number of carbonyl (C=O) groups excluding carboxylic acids is 1. The molecule has 1 rings (SSSR count). The van der Waals surface area contributed by atoms with Gasteiger partial charge in [0.1, 0.15) is 0 Å². The number of hydrogen-bond acceptors (Lipinski definition) is 5. The molecule has 0 aliphatic rings. The van der Waals surface area contributed by atoms with Crippen LogP contribution in [0.1, 0.15) is 37.2 Å². The van der Waals surface area contributed by atoms with Crippen LogP contribution in [0.3, 0.4) is 0 Å². The van der Waals surface area contributed by atoms with Crippen molar-refractivity contribution in [1.82, 2.24) is 4.98 Å². The van der Waals surface area contributed by atoms with E-state index < -0.39 is 0 Å². The Balaban J connectivity index is 2.76. The van der Waals surface area contributed by atoms with Crippen LogP contribution in [0.15, 0.2) is 5.38 Å². The largest absolute Gasteiger partial charge is 0.464 e. The minimum absolute atomic E-state index is 0.365. The number of aromatic nitrogens is 1. The number of methoxy groups -OCH3 is 1. The first-order valence-corrected chi connectivity index (χ1v) is 6.39. The van der Waals surface area contributed by atoms with E-state index in [4.69, 9.17) is 0 Å². The van der Waals surface area contributed by atoms with Crippen LogP contribution in [0.25, 0.3) is 0 Å². The van der Waals surface area contributed by atoms with E-state index in [1.54, 1.807) is 5.38 Å². The standard InChI is InChI=1S/C11H18N2O2S/c1-4-6-13(7-5-2)11-12-9(8-16-11)10(14)15-3/h8H,4-7H2,1-3H3. The van der Waals surface area contributed by atoms with Gasteiger partial charge in [0, 0.05) is 18.5 Å². The van der Waals surface area contributed by atoms with Crippen molar-refractivity contribution in [3.05, 3.63) is 11.1 Å². The summed E-state index contributed by atoms with van der Waals surface area (Å²) in [5.41, 5.74) is 0.403. The van der Waals surface area contributed by atoms with Crippen molar-refractivity contribution in [3.63, 3.8) is 0 Å². The Bertz CT molecular complexity index is 332. The van der Waals surface area contributed by atoms with E-state index in [1.165, 1.54) is 18.4 Å². The van der Waals surface area contributed by atoms with E-state index in [-0.39, 0.29) is 5.97 Å².